The zero-order valence-electron chi connectivity index (χ0n) is 9.23. The molecule has 1 aliphatic rings. The van der Waals surface area contributed by atoms with Crippen molar-refractivity contribution in [2.75, 3.05) is 12.3 Å². The Morgan fingerprint density at radius 2 is 2.41 bits per heavy atom. The third-order valence-electron chi connectivity index (χ3n) is 2.50. The molecule has 1 aliphatic heterocycles. The van der Waals surface area contributed by atoms with Gasteiger partial charge in [-0.25, -0.2) is 8.42 Å². The number of hydrogen-bond acceptors (Lipinski definition) is 5. The second-order valence-corrected chi connectivity index (χ2v) is 5.99. The molecule has 0 saturated carbocycles. The lowest BCUT2D eigenvalue weighted by atomic mass is 10.3. The van der Waals surface area contributed by atoms with Gasteiger partial charge in [-0.05, 0) is 6.07 Å². The molecule has 7 heteroatoms. The fourth-order valence-corrected chi connectivity index (χ4v) is 2.95. The molecule has 1 aromatic heterocycles. The van der Waals surface area contributed by atoms with Crippen molar-refractivity contribution < 1.29 is 13.5 Å². The molecular formula is C10H15N3O3S. The summed E-state index contributed by atoms with van der Waals surface area (Å²) in [5.74, 6) is 0.0709. The zero-order valence-corrected chi connectivity index (χ0v) is 10.0. The highest BCUT2D eigenvalue weighted by Crippen LogP contribution is 2.07. The van der Waals surface area contributed by atoms with E-state index >= 15 is 0 Å². The summed E-state index contributed by atoms with van der Waals surface area (Å²) in [4.78, 5) is 0. The molecule has 0 bridgehead atoms. The van der Waals surface area contributed by atoms with Crippen molar-refractivity contribution >= 4 is 9.84 Å². The van der Waals surface area contributed by atoms with Crippen molar-refractivity contribution in [1.82, 2.24) is 15.1 Å². The number of sulfone groups is 1. The van der Waals surface area contributed by atoms with Crippen LogP contribution in [0.15, 0.2) is 29.9 Å². The topological polar surface area (TPSA) is 84.2 Å². The number of nitrogens with zero attached hydrogens (tertiary/aromatic N) is 2. The molecule has 6 nitrogen and oxygen atoms in total. The maximum Gasteiger partial charge on any atom is 0.173 e. The lowest BCUT2D eigenvalue weighted by molar-refractivity contribution is 0.145. The van der Waals surface area contributed by atoms with Gasteiger partial charge in [0.25, 0.3) is 0 Å². The SMILES string of the molecule is O=S1(=O)C=CC(NCC(O)Cn2cccn2)C1. The molecular weight excluding hydrogens is 242 g/mol. The summed E-state index contributed by atoms with van der Waals surface area (Å²) in [6.45, 7) is 0.730. The predicted octanol–water partition coefficient (Wildman–Crippen LogP) is -0.856. The maximum atomic E-state index is 11.1. The monoisotopic (exact) mass is 257 g/mol. The Bertz CT molecular complexity index is 481. The molecule has 2 N–H and O–H groups in total. The fraction of sp³-hybridized carbons (Fsp3) is 0.500. The minimum Gasteiger partial charge on any atom is -0.390 e. The first-order valence-corrected chi connectivity index (χ1v) is 7.06. The van der Waals surface area contributed by atoms with E-state index in [4.69, 9.17) is 0 Å². The highest BCUT2D eigenvalue weighted by atomic mass is 32.2. The van der Waals surface area contributed by atoms with E-state index in [1.165, 1.54) is 5.41 Å². The molecule has 0 spiro atoms. The first-order valence-electron chi connectivity index (χ1n) is 5.35. The van der Waals surface area contributed by atoms with Crippen molar-refractivity contribution in [3.8, 4) is 0 Å². The van der Waals surface area contributed by atoms with Crippen molar-refractivity contribution in [2.45, 2.75) is 18.7 Å². The average molecular weight is 257 g/mol. The third kappa shape index (κ3) is 3.65. The molecule has 1 aromatic rings. The highest BCUT2D eigenvalue weighted by Gasteiger charge is 2.21. The summed E-state index contributed by atoms with van der Waals surface area (Å²) in [6, 6.07) is 1.58. The Kier molecular flexibility index (Phi) is 3.60. The van der Waals surface area contributed by atoms with Crippen LogP contribution in [0.1, 0.15) is 0 Å². The van der Waals surface area contributed by atoms with Crippen LogP contribution in [0.3, 0.4) is 0 Å². The number of rotatable bonds is 5. The van der Waals surface area contributed by atoms with E-state index in [0.717, 1.165) is 0 Å². The number of aliphatic hydroxyl groups is 1. The van der Waals surface area contributed by atoms with Crippen LogP contribution in [-0.2, 0) is 16.4 Å². The van der Waals surface area contributed by atoms with Crippen molar-refractivity contribution in [3.05, 3.63) is 29.9 Å². The molecule has 2 rings (SSSR count). The van der Waals surface area contributed by atoms with Gasteiger partial charge in [-0.3, -0.25) is 4.68 Å². The second kappa shape index (κ2) is 4.99. The first-order chi connectivity index (χ1) is 8.05. The van der Waals surface area contributed by atoms with Gasteiger partial charge in [-0.2, -0.15) is 5.10 Å². The minimum absolute atomic E-state index is 0.0709. The van der Waals surface area contributed by atoms with Crippen molar-refractivity contribution in [1.29, 1.82) is 0 Å². The lowest BCUT2D eigenvalue weighted by Crippen LogP contribution is -2.37. The minimum atomic E-state index is -3.04. The summed E-state index contributed by atoms with van der Waals surface area (Å²) >= 11 is 0. The molecule has 94 valence electrons. The lowest BCUT2D eigenvalue weighted by Gasteiger charge is -2.14. The molecule has 17 heavy (non-hydrogen) atoms. The quantitative estimate of drug-likeness (QED) is 0.717. The van der Waals surface area contributed by atoms with E-state index in [1.54, 1.807) is 29.2 Å². The Labute approximate surface area is 99.9 Å². The van der Waals surface area contributed by atoms with Gasteiger partial charge >= 0.3 is 0 Å². The Morgan fingerprint density at radius 1 is 1.59 bits per heavy atom. The van der Waals surface area contributed by atoms with Gasteiger partial charge < -0.3 is 10.4 Å². The van der Waals surface area contributed by atoms with Gasteiger partial charge in [0.05, 0.1) is 18.4 Å². The van der Waals surface area contributed by atoms with E-state index < -0.39 is 15.9 Å². The molecule has 0 fully saturated rings. The number of nitrogens with one attached hydrogen (secondary N) is 1. The van der Waals surface area contributed by atoms with E-state index in [2.05, 4.69) is 10.4 Å². The predicted molar refractivity (Wildman–Crippen MR) is 63.0 cm³/mol. The standard InChI is InChI=1S/C10H15N3O3S/c14-10(7-13-4-1-3-12-13)6-11-9-2-5-17(15,16)8-9/h1-5,9-11,14H,6-8H2. The van der Waals surface area contributed by atoms with E-state index in [-0.39, 0.29) is 11.8 Å². The number of aromatic nitrogens is 2. The molecule has 2 heterocycles. The van der Waals surface area contributed by atoms with Crippen LogP contribution < -0.4 is 5.32 Å². The fourth-order valence-electron chi connectivity index (χ4n) is 1.68. The van der Waals surface area contributed by atoms with E-state index in [9.17, 15) is 13.5 Å². The van der Waals surface area contributed by atoms with Gasteiger partial charge in [0.2, 0.25) is 0 Å². The zero-order chi connectivity index (χ0) is 12.3. The summed E-state index contributed by atoms with van der Waals surface area (Å²) < 4.78 is 23.9. The summed E-state index contributed by atoms with van der Waals surface area (Å²) in [7, 11) is -3.04. The van der Waals surface area contributed by atoms with Gasteiger partial charge in [-0.15, -0.1) is 0 Å². The van der Waals surface area contributed by atoms with E-state index in [0.29, 0.717) is 13.1 Å². The van der Waals surface area contributed by atoms with Gasteiger partial charge in [0, 0.05) is 30.4 Å². The van der Waals surface area contributed by atoms with Gasteiger partial charge in [-0.1, -0.05) is 6.08 Å². The molecule has 2 unspecified atom stereocenters. The molecule has 0 saturated heterocycles. The van der Waals surface area contributed by atoms with Gasteiger partial charge in [0.15, 0.2) is 9.84 Å². The second-order valence-electron chi connectivity index (χ2n) is 4.05. The van der Waals surface area contributed by atoms with Crippen LogP contribution in [0, 0.1) is 0 Å². The van der Waals surface area contributed by atoms with Crippen LogP contribution in [-0.4, -0.2) is 47.7 Å². The maximum absolute atomic E-state index is 11.1. The molecule has 0 radical (unpaired) electrons. The highest BCUT2D eigenvalue weighted by molar-refractivity contribution is 7.94. The van der Waals surface area contributed by atoms with Crippen LogP contribution in [0.2, 0.25) is 0 Å². The summed E-state index contributed by atoms with van der Waals surface area (Å²) in [5, 5.41) is 17.9. The molecule has 2 atom stereocenters. The Hall–Kier alpha value is -1.18. The number of hydrogen-bond donors (Lipinski definition) is 2. The van der Waals surface area contributed by atoms with Crippen LogP contribution in [0.25, 0.3) is 0 Å². The van der Waals surface area contributed by atoms with Gasteiger partial charge in [0.1, 0.15) is 0 Å². The Balaban J connectivity index is 1.74. The van der Waals surface area contributed by atoms with Crippen LogP contribution >= 0.6 is 0 Å². The van der Waals surface area contributed by atoms with Crippen LogP contribution in [0.5, 0.6) is 0 Å². The van der Waals surface area contributed by atoms with Crippen LogP contribution in [0.4, 0.5) is 0 Å². The van der Waals surface area contributed by atoms with Crippen molar-refractivity contribution in [3.63, 3.8) is 0 Å². The Morgan fingerprint density at radius 3 is 3.00 bits per heavy atom. The normalized spacial score (nSPS) is 23.9. The number of aliphatic hydroxyl groups excluding tert-OH is 1. The smallest absolute Gasteiger partial charge is 0.173 e. The summed E-state index contributed by atoms with van der Waals surface area (Å²) in [5.41, 5.74) is 0. The molecule has 0 aromatic carbocycles. The molecule has 0 aliphatic carbocycles. The first kappa shape index (κ1) is 12.3. The third-order valence-corrected chi connectivity index (χ3v) is 3.90. The van der Waals surface area contributed by atoms with Crippen molar-refractivity contribution in [2.24, 2.45) is 0 Å². The molecule has 0 amide bonds. The summed E-state index contributed by atoms with van der Waals surface area (Å²) in [6.07, 6.45) is 4.43. The largest absolute Gasteiger partial charge is 0.390 e. The average Bonchev–Trinajstić information content (AvgIpc) is 2.85. The van der Waals surface area contributed by atoms with E-state index in [1.807, 2.05) is 0 Å².